The van der Waals surface area contributed by atoms with Crippen molar-refractivity contribution in [3.8, 4) is 0 Å². The maximum Gasteiger partial charge on any atom is 0.0732 e. The van der Waals surface area contributed by atoms with Gasteiger partial charge in [0.25, 0.3) is 0 Å². The van der Waals surface area contributed by atoms with E-state index in [0.29, 0.717) is 5.41 Å². The highest BCUT2D eigenvalue weighted by molar-refractivity contribution is 7.19. The van der Waals surface area contributed by atoms with Gasteiger partial charge in [-0.15, -0.1) is 18.5 Å². The second-order valence-electron chi connectivity index (χ2n) is 13.9. The van der Waals surface area contributed by atoms with Crippen molar-refractivity contribution in [1.29, 1.82) is 0 Å². The Kier molecular flexibility index (Phi) is 6.86. The highest BCUT2D eigenvalue weighted by atomic mass is 31.0. The molecule has 6 heteroatoms. The first kappa shape index (κ1) is 25.5. The Labute approximate surface area is 218 Å². The number of hydrogen-bond donors (Lipinski definition) is 4. The molecular formula is C29H50N4P2. The summed E-state index contributed by atoms with van der Waals surface area (Å²) in [5.41, 5.74) is 5.73. The molecular weight excluding hydrogens is 466 g/mol. The lowest BCUT2D eigenvalue weighted by atomic mass is 9.43. The van der Waals surface area contributed by atoms with Gasteiger partial charge in [-0.05, 0) is 129 Å². The van der Waals surface area contributed by atoms with Gasteiger partial charge in [0.05, 0.1) is 17.5 Å². The molecule has 4 nitrogen and oxygen atoms in total. The van der Waals surface area contributed by atoms with E-state index in [1.807, 2.05) is 0 Å². The van der Waals surface area contributed by atoms with E-state index in [1.165, 1.54) is 51.1 Å². The van der Waals surface area contributed by atoms with Crippen LogP contribution in [0.2, 0.25) is 0 Å². The van der Waals surface area contributed by atoms with Crippen LogP contribution < -0.4 is 21.3 Å². The normalized spacial score (nSPS) is 38.9. The molecule has 2 aliphatic heterocycles. The van der Waals surface area contributed by atoms with Gasteiger partial charge in [0.2, 0.25) is 0 Å². The quantitative estimate of drug-likeness (QED) is 0.409. The summed E-state index contributed by atoms with van der Waals surface area (Å²) in [5.74, 6) is 3.68. The van der Waals surface area contributed by atoms with Gasteiger partial charge in [0.15, 0.2) is 0 Å². The first-order valence-corrected chi connectivity index (χ1v) is 16.0. The fourth-order valence-electron chi connectivity index (χ4n) is 9.39. The Morgan fingerprint density at radius 2 is 1.43 bits per heavy atom. The van der Waals surface area contributed by atoms with Crippen molar-refractivity contribution in [1.82, 2.24) is 21.3 Å². The molecule has 0 aromatic rings. The van der Waals surface area contributed by atoms with Crippen molar-refractivity contribution in [2.75, 3.05) is 32.3 Å². The van der Waals surface area contributed by atoms with E-state index in [-0.39, 0.29) is 22.9 Å². The Bertz CT molecular complexity index is 846. The Morgan fingerprint density at radius 3 is 1.91 bits per heavy atom. The third kappa shape index (κ3) is 4.17. The van der Waals surface area contributed by atoms with Crippen molar-refractivity contribution >= 4 is 18.5 Å². The van der Waals surface area contributed by atoms with Crippen molar-refractivity contribution in [2.24, 2.45) is 34.5 Å². The molecule has 5 aliphatic carbocycles. The largest absolute Gasteiger partial charge is 0.301 e. The van der Waals surface area contributed by atoms with Crippen LogP contribution >= 0.6 is 18.5 Å². The van der Waals surface area contributed by atoms with Gasteiger partial charge in [0, 0.05) is 0 Å². The van der Waals surface area contributed by atoms with Crippen molar-refractivity contribution in [3.05, 3.63) is 22.8 Å². The van der Waals surface area contributed by atoms with E-state index in [4.69, 9.17) is 0 Å². The summed E-state index contributed by atoms with van der Waals surface area (Å²) in [4.78, 5) is 0. The van der Waals surface area contributed by atoms with E-state index in [0.717, 1.165) is 56.3 Å². The van der Waals surface area contributed by atoms with Gasteiger partial charge in [-0.1, -0.05) is 32.4 Å². The summed E-state index contributed by atoms with van der Waals surface area (Å²) in [6, 6.07) is 0. The molecule has 35 heavy (non-hydrogen) atoms. The van der Waals surface area contributed by atoms with Crippen molar-refractivity contribution in [3.63, 3.8) is 0 Å². The second kappa shape index (κ2) is 9.43. The lowest BCUT2D eigenvalue weighted by molar-refractivity contribution is -0.0766. The molecule has 0 radical (unpaired) electrons. The zero-order valence-corrected chi connectivity index (χ0v) is 24.7. The number of rotatable bonds is 5. The van der Waals surface area contributed by atoms with Gasteiger partial charge in [0.1, 0.15) is 0 Å². The van der Waals surface area contributed by atoms with E-state index in [1.54, 1.807) is 16.7 Å². The van der Waals surface area contributed by atoms with Crippen molar-refractivity contribution in [2.45, 2.75) is 89.6 Å². The summed E-state index contributed by atoms with van der Waals surface area (Å²) < 4.78 is 0. The first-order chi connectivity index (χ1) is 16.8. The predicted octanol–water partition coefficient (Wildman–Crippen LogP) is 4.41. The summed E-state index contributed by atoms with van der Waals surface area (Å²) in [5, 5.41) is 15.6. The average molecular weight is 517 g/mol. The van der Waals surface area contributed by atoms with E-state index < -0.39 is 0 Å². The molecule has 196 valence electrons. The third-order valence-corrected chi connectivity index (χ3v) is 12.4. The topological polar surface area (TPSA) is 48.1 Å². The molecule has 4 saturated carbocycles. The van der Waals surface area contributed by atoms with Gasteiger partial charge in [-0.2, -0.15) is 0 Å². The molecule has 4 N–H and O–H groups in total. The van der Waals surface area contributed by atoms with Crippen LogP contribution in [0.5, 0.6) is 0 Å². The highest BCUT2D eigenvalue weighted by Gasteiger charge is 2.60. The van der Waals surface area contributed by atoms with Gasteiger partial charge >= 0.3 is 0 Å². The molecule has 4 bridgehead atoms. The van der Waals surface area contributed by atoms with E-state index in [2.05, 4.69) is 66.6 Å². The second-order valence-corrected chi connectivity index (χ2v) is 15.3. The lowest BCUT2D eigenvalue weighted by Gasteiger charge is -2.63. The molecule has 5 atom stereocenters. The molecule has 0 aromatic carbocycles. The minimum atomic E-state index is -0.0889. The summed E-state index contributed by atoms with van der Waals surface area (Å²) in [6.07, 6.45) is 15.5. The van der Waals surface area contributed by atoms with E-state index >= 15 is 0 Å². The first-order valence-electron chi connectivity index (χ1n) is 14.6. The maximum atomic E-state index is 3.93. The fraction of sp³-hybridized carbons (Fsp3) is 0.862. The van der Waals surface area contributed by atoms with Crippen LogP contribution in [0.1, 0.15) is 72.1 Å². The van der Waals surface area contributed by atoms with Crippen LogP contribution in [0.25, 0.3) is 0 Å². The summed E-state index contributed by atoms with van der Waals surface area (Å²) in [7, 11) is 6.65. The average Bonchev–Trinajstić information content (AvgIpc) is 3.32. The third-order valence-electron chi connectivity index (χ3n) is 10.9. The summed E-state index contributed by atoms with van der Waals surface area (Å²) in [6.45, 7) is 11.7. The molecule has 7 rings (SSSR count). The van der Waals surface area contributed by atoms with E-state index in [9.17, 15) is 0 Å². The Hall–Kier alpha value is 0.180. The van der Waals surface area contributed by atoms with Gasteiger partial charge in [-0.3, -0.25) is 0 Å². The zero-order valence-electron chi connectivity index (χ0n) is 22.4. The van der Waals surface area contributed by atoms with Crippen LogP contribution in [0.15, 0.2) is 22.8 Å². The minimum absolute atomic E-state index is 0.0889. The number of hydrogen-bond acceptors (Lipinski definition) is 4. The fourth-order valence-corrected chi connectivity index (χ4v) is 11.0. The SMILES string of the molecule is CC(C)(C)C1=CC(C23CC4CC(CC(C4)C2CP)C3)=C(C(P)(C2NCCCN2)C2NCCCN2)C1. The predicted molar refractivity (Wildman–Crippen MR) is 154 cm³/mol. The molecule has 7 aliphatic rings. The number of allylic oxidation sites excluding steroid dienone is 3. The van der Waals surface area contributed by atoms with Crippen LogP contribution in [0.3, 0.4) is 0 Å². The minimum Gasteiger partial charge on any atom is -0.301 e. The standard InChI is InChI=1S/C29H50N4P2/c1-27(2,3)21-13-22(28-15-18-10-19(16-28)12-20(11-18)24(28)17-34)23(14-21)29(35,25-30-6-4-7-31-25)26-32-8-5-9-33-26/h13,18-20,24-26,30-33H,4-12,14-17,34-35H2,1-3H3. The number of nitrogens with one attached hydrogen (secondary N) is 4. The smallest absolute Gasteiger partial charge is 0.0732 e. The zero-order chi connectivity index (χ0) is 24.4. The maximum absolute atomic E-state index is 3.93. The van der Waals surface area contributed by atoms with Gasteiger partial charge < -0.3 is 21.3 Å². The van der Waals surface area contributed by atoms with Crippen molar-refractivity contribution < 1.29 is 0 Å². The molecule has 5 unspecified atom stereocenters. The lowest BCUT2D eigenvalue weighted by Crippen LogP contribution is -2.71. The Balaban J connectivity index is 1.51. The highest BCUT2D eigenvalue weighted by Crippen LogP contribution is 2.68. The summed E-state index contributed by atoms with van der Waals surface area (Å²) >= 11 is 0. The molecule has 2 saturated heterocycles. The van der Waals surface area contributed by atoms with Gasteiger partial charge in [-0.25, -0.2) is 0 Å². The Morgan fingerprint density at radius 1 is 0.886 bits per heavy atom. The molecule has 0 amide bonds. The molecule has 6 fully saturated rings. The van der Waals surface area contributed by atoms with Crippen LogP contribution in [0, 0.1) is 34.5 Å². The van der Waals surface area contributed by atoms with Crippen LogP contribution in [-0.2, 0) is 0 Å². The van der Waals surface area contributed by atoms with Crippen LogP contribution in [0.4, 0.5) is 0 Å². The molecule has 2 heterocycles. The molecule has 0 aromatic heterocycles. The van der Waals surface area contributed by atoms with Crippen LogP contribution in [-0.4, -0.2) is 49.8 Å². The molecule has 0 spiro atoms. The monoisotopic (exact) mass is 516 g/mol.